The van der Waals surface area contributed by atoms with Crippen LogP contribution in [0, 0.1) is 11.3 Å². The lowest BCUT2D eigenvalue weighted by atomic mass is 10.1. The van der Waals surface area contributed by atoms with E-state index in [-0.39, 0.29) is 17.0 Å². The third-order valence-corrected chi connectivity index (χ3v) is 4.43. The van der Waals surface area contributed by atoms with Crippen molar-refractivity contribution in [2.75, 3.05) is 6.26 Å². The molecule has 27 heavy (non-hydrogen) atoms. The van der Waals surface area contributed by atoms with Crippen LogP contribution in [0.2, 0.25) is 5.02 Å². The Bertz CT molecular complexity index is 1100. The number of halogens is 1. The summed E-state index contributed by atoms with van der Waals surface area (Å²) < 4.78 is 5.38. The smallest absolute Gasteiger partial charge is 0.343 e. The van der Waals surface area contributed by atoms with Gasteiger partial charge in [0.05, 0.1) is 11.3 Å². The Morgan fingerprint density at radius 2 is 2.00 bits per heavy atom. The summed E-state index contributed by atoms with van der Waals surface area (Å²) in [6, 6.07) is 14.7. The third kappa shape index (κ3) is 4.19. The van der Waals surface area contributed by atoms with E-state index in [1.54, 1.807) is 54.8 Å². The number of thioether (sulfide) groups is 1. The Morgan fingerprint density at radius 3 is 2.67 bits per heavy atom. The fourth-order valence-electron chi connectivity index (χ4n) is 2.32. The summed E-state index contributed by atoms with van der Waals surface area (Å²) in [7, 11) is 0. The predicted molar refractivity (Wildman–Crippen MR) is 103 cm³/mol. The maximum Gasteiger partial charge on any atom is 0.343 e. The van der Waals surface area contributed by atoms with Crippen LogP contribution >= 0.6 is 23.4 Å². The Morgan fingerprint density at radius 1 is 1.26 bits per heavy atom. The number of nitriles is 1. The van der Waals surface area contributed by atoms with Gasteiger partial charge in [-0.05, 0) is 42.7 Å². The van der Waals surface area contributed by atoms with Crippen LogP contribution in [0.1, 0.15) is 15.9 Å². The van der Waals surface area contributed by atoms with Gasteiger partial charge in [-0.1, -0.05) is 35.5 Å². The summed E-state index contributed by atoms with van der Waals surface area (Å²) in [5, 5.41) is 10.2. The van der Waals surface area contributed by atoms with Crippen LogP contribution in [0.25, 0.3) is 11.3 Å². The molecule has 0 saturated carbocycles. The molecule has 1 heterocycles. The first-order valence-corrected chi connectivity index (χ1v) is 9.28. The molecule has 8 heteroatoms. The van der Waals surface area contributed by atoms with Gasteiger partial charge in [-0.25, -0.2) is 9.78 Å². The van der Waals surface area contributed by atoms with Gasteiger partial charge in [0.1, 0.15) is 17.4 Å². The molecule has 0 aliphatic carbocycles. The lowest BCUT2D eigenvalue weighted by molar-refractivity contribution is 0.0735. The molecule has 0 saturated heterocycles. The number of nitrogens with zero attached hydrogens (tertiary/aromatic N) is 2. The van der Waals surface area contributed by atoms with Crippen molar-refractivity contribution >= 4 is 29.3 Å². The number of benzene rings is 2. The first-order valence-electron chi connectivity index (χ1n) is 7.68. The second-order valence-electron chi connectivity index (χ2n) is 5.33. The summed E-state index contributed by atoms with van der Waals surface area (Å²) in [6.07, 6.45) is 1.76. The molecule has 0 aliphatic rings. The molecular weight excluding hydrogens is 386 g/mol. The van der Waals surface area contributed by atoms with Gasteiger partial charge in [0.2, 0.25) is 0 Å². The molecule has 0 unspecified atom stereocenters. The van der Waals surface area contributed by atoms with E-state index in [0.717, 1.165) is 0 Å². The van der Waals surface area contributed by atoms with E-state index >= 15 is 0 Å². The van der Waals surface area contributed by atoms with E-state index in [2.05, 4.69) is 9.97 Å². The molecule has 0 aliphatic heterocycles. The van der Waals surface area contributed by atoms with E-state index in [1.165, 1.54) is 11.8 Å². The molecule has 0 fully saturated rings. The molecule has 0 atom stereocenters. The number of hydrogen-bond acceptors (Lipinski definition) is 6. The van der Waals surface area contributed by atoms with Crippen LogP contribution in [0.4, 0.5) is 0 Å². The zero-order valence-electron chi connectivity index (χ0n) is 14.0. The van der Waals surface area contributed by atoms with E-state index < -0.39 is 11.5 Å². The highest BCUT2D eigenvalue weighted by molar-refractivity contribution is 7.98. The number of carbonyl (C=O) groups is 1. The zero-order valence-corrected chi connectivity index (χ0v) is 15.6. The van der Waals surface area contributed by atoms with Gasteiger partial charge in [0, 0.05) is 10.6 Å². The van der Waals surface area contributed by atoms with Crippen LogP contribution in [-0.4, -0.2) is 22.2 Å². The largest absolute Gasteiger partial charge is 0.423 e. The van der Waals surface area contributed by atoms with Crippen molar-refractivity contribution in [1.82, 2.24) is 9.97 Å². The van der Waals surface area contributed by atoms with E-state index in [9.17, 15) is 14.9 Å². The van der Waals surface area contributed by atoms with Crippen molar-refractivity contribution in [2.24, 2.45) is 0 Å². The van der Waals surface area contributed by atoms with Crippen LogP contribution in [0.3, 0.4) is 0 Å². The average molecular weight is 398 g/mol. The van der Waals surface area contributed by atoms with Crippen LogP contribution in [0.5, 0.6) is 5.75 Å². The number of aromatic amines is 1. The van der Waals surface area contributed by atoms with Gasteiger partial charge in [-0.3, -0.25) is 4.79 Å². The van der Waals surface area contributed by atoms with Gasteiger partial charge in [0.15, 0.2) is 5.16 Å². The number of esters is 1. The molecular formula is C19H12ClN3O3S. The molecule has 3 rings (SSSR count). The fraction of sp³-hybridized carbons (Fsp3) is 0.0526. The van der Waals surface area contributed by atoms with Gasteiger partial charge < -0.3 is 9.72 Å². The second kappa shape index (κ2) is 8.08. The van der Waals surface area contributed by atoms with E-state index in [1.807, 2.05) is 6.07 Å². The summed E-state index contributed by atoms with van der Waals surface area (Å²) in [6.45, 7) is 0. The highest BCUT2D eigenvalue weighted by atomic mass is 35.5. The standard InChI is InChI=1S/C19H12ClN3O3S/c1-27-19-22-16(15(10-21)17(24)23-19)12-3-2-4-14(9-12)26-18(25)11-5-7-13(20)8-6-11/h2-9H,1H3,(H,22,23,24). The van der Waals surface area contributed by atoms with E-state index in [4.69, 9.17) is 16.3 Å². The average Bonchev–Trinajstić information content (AvgIpc) is 2.68. The number of nitrogens with one attached hydrogen (secondary N) is 1. The molecule has 6 nitrogen and oxygen atoms in total. The Labute approximate surface area is 163 Å². The summed E-state index contributed by atoms with van der Waals surface area (Å²) in [5.74, 6) is -0.280. The maximum atomic E-state index is 12.3. The topological polar surface area (TPSA) is 95.8 Å². The molecule has 1 aromatic heterocycles. The first-order chi connectivity index (χ1) is 13.0. The number of ether oxygens (including phenoxy) is 1. The highest BCUT2D eigenvalue weighted by Crippen LogP contribution is 2.25. The Kier molecular flexibility index (Phi) is 5.60. The van der Waals surface area contributed by atoms with E-state index in [0.29, 0.717) is 21.3 Å². The quantitative estimate of drug-likeness (QED) is 0.310. The maximum absolute atomic E-state index is 12.3. The molecule has 2 aromatic carbocycles. The molecule has 0 amide bonds. The molecule has 0 bridgehead atoms. The van der Waals surface area contributed by atoms with Crippen molar-refractivity contribution in [2.45, 2.75) is 5.16 Å². The normalized spacial score (nSPS) is 10.3. The number of carbonyl (C=O) groups excluding carboxylic acids is 1. The van der Waals surface area contributed by atoms with Gasteiger partial charge in [-0.15, -0.1) is 0 Å². The number of rotatable bonds is 4. The van der Waals surface area contributed by atoms with Crippen LogP contribution in [0.15, 0.2) is 58.5 Å². The van der Waals surface area contributed by atoms with Crippen molar-refractivity contribution in [3.05, 3.63) is 75.0 Å². The first kappa shape index (κ1) is 18.7. The molecule has 134 valence electrons. The number of aromatic nitrogens is 2. The second-order valence-corrected chi connectivity index (χ2v) is 6.57. The van der Waals surface area contributed by atoms with Gasteiger partial charge in [0.25, 0.3) is 5.56 Å². The molecule has 0 spiro atoms. The fourth-order valence-corrected chi connectivity index (χ4v) is 2.82. The minimum atomic E-state index is -0.548. The Hall–Kier alpha value is -3.08. The summed E-state index contributed by atoms with van der Waals surface area (Å²) >= 11 is 7.07. The summed E-state index contributed by atoms with van der Waals surface area (Å²) in [4.78, 5) is 31.2. The molecule has 1 N–H and O–H groups in total. The van der Waals surface area contributed by atoms with Crippen molar-refractivity contribution in [3.63, 3.8) is 0 Å². The minimum absolute atomic E-state index is 0.103. The van der Waals surface area contributed by atoms with Gasteiger partial charge in [-0.2, -0.15) is 5.26 Å². The van der Waals surface area contributed by atoms with Crippen LogP contribution < -0.4 is 10.3 Å². The third-order valence-electron chi connectivity index (χ3n) is 3.60. The van der Waals surface area contributed by atoms with Gasteiger partial charge >= 0.3 is 5.97 Å². The number of hydrogen-bond donors (Lipinski definition) is 1. The van der Waals surface area contributed by atoms with Crippen molar-refractivity contribution < 1.29 is 9.53 Å². The molecule has 0 radical (unpaired) electrons. The summed E-state index contributed by atoms with van der Waals surface area (Å²) in [5.41, 5.74) is 0.454. The molecule has 3 aromatic rings. The lowest BCUT2D eigenvalue weighted by Crippen LogP contribution is -2.14. The number of H-pyrrole nitrogens is 1. The SMILES string of the molecule is CSc1nc(-c2cccc(OC(=O)c3ccc(Cl)cc3)c2)c(C#N)c(=O)[nH]1. The minimum Gasteiger partial charge on any atom is -0.423 e. The zero-order chi connectivity index (χ0) is 19.4. The van der Waals surface area contributed by atoms with Crippen molar-refractivity contribution in [1.29, 1.82) is 5.26 Å². The highest BCUT2D eigenvalue weighted by Gasteiger charge is 2.15. The Balaban J connectivity index is 1.96. The van der Waals surface area contributed by atoms with Crippen LogP contribution in [-0.2, 0) is 0 Å². The predicted octanol–water partition coefficient (Wildman–Crippen LogP) is 3.90. The lowest BCUT2D eigenvalue weighted by Gasteiger charge is -2.08. The van der Waals surface area contributed by atoms with Crippen molar-refractivity contribution in [3.8, 4) is 23.1 Å². The monoisotopic (exact) mass is 397 g/mol.